The van der Waals surface area contributed by atoms with E-state index in [1.807, 2.05) is 66.7 Å². The lowest BCUT2D eigenvalue weighted by molar-refractivity contribution is 0.272. The van der Waals surface area contributed by atoms with Gasteiger partial charge in [-0.15, -0.1) is 0 Å². The zero-order chi connectivity index (χ0) is 20.1. The summed E-state index contributed by atoms with van der Waals surface area (Å²) >= 11 is 6.18. The second-order valence-electron chi connectivity index (χ2n) is 6.41. The Morgan fingerprint density at radius 2 is 1.59 bits per heavy atom. The molecule has 4 rings (SSSR count). The van der Waals surface area contributed by atoms with Crippen LogP contribution < -0.4 is 14.2 Å². The highest BCUT2D eigenvalue weighted by Crippen LogP contribution is 2.24. The van der Waals surface area contributed by atoms with Gasteiger partial charge >= 0.3 is 0 Å². The van der Waals surface area contributed by atoms with Crippen LogP contribution in [0.25, 0.3) is 11.0 Å². The van der Waals surface area contributed by atoms with Crippen LogP contribution in [-0.4, -0.2) is 23.3 Å². The lowest BCUT2D eigenvalue weighted by atomic mass is 10.3. The molecule has 148 valence electrons. The van der Waals surface area contributed by atoms with Crippen molar-refractivity contribution in [3.8, 4) is 17.2 Å². The Bertz CT molecular complexity index is 1090. The molecule has 4 aromatic rings. The minimum atomic E-state index is 0.354. The number of rotatable bonds is 8. The Kier molecular flexibility index (Phi) is 5.86. The number of aromatic nitrogens is 2. The monoisotopic (exact) mass is 408 g/mol. The first kappa shape index (κ1) is 19.2. The summed E-state index contributed by atoms with van der Waals surface area (Å²) in [5.41, 5.74) is 1.97. The Morgan fingerprint density at radius 3 is 2.38 bits per heavy atom. The molecule has 0 unspecified atom stereocenters. The molecule has 29 heavy (non-hydrogen) atoms. The number of para-hydroxylation sites is 3. The van der Waals surface area contributed by atoms with E-state index in [4.69, 9.17) is 30.8 Å². The number of hydrogen-bond donors (Lipinski definition) is 0. The number of hydrogen-bond acceptors (Lipinski definition) is 4. The third kappa shape index (κ3) is 4.46. The highest BCUT2D eigenvalue weighted by molar-refractivity contribution is 6.32. The number of methoxy groups -OCH3 is 1. The molecule has 0 spiro atoms. The highest BCUT2D eigenvalue weighted by atomic mass is 35.5. The van der Waals surface area contributed by atoms with E-state index in [9.17, 15) is 0 Å². The van der Waals surface area contributed by atoms with Crippen LogP contribution in [0.2, 0.25) is 5.02 Å². The van der Waals surface area contributed by atoms with Gasteiger partial charge in [0.1, 0.15) is 36.3 Å². The molecule has 0 fully saturated rings. The van der Waals surface area contributed by atoms with Gasteiger partial charge in [-0.05, 0) is 48.5 Å². The van der Waals surface area contributed by atoms with E-state index in [1.54, 1.807) is 7.11 Å². The van der Waals surface area contributed by atoms with Crippen molar-refractivity contribution in [3.63, 3.8) is 0 Å². The van der Waals surface area contributed by atoms with Crippen molar-refractivity contribution in [3.05, 3.63) is 83.6 Å². The first-order valence-corrected chi connectivity index (χ1v) is 9.71. The molecule has 5 nitrogen and oxygen atoms in total. The molecule has 0 radical (unpaired) electrons. The predicted octanol–water partition coefficient (Wildman–Crippen LogP) is 5.36. The van der Waals surface area contributed by atoms with Gasteiger partial charge in [-0.25, -0.2) is 4.98 Å². The Balaban J connectivity index is 1.50. The van der Waals surface area contributed by atoms with Gasteiger partial charge < -0.3 is 18.8 Å². The van der Waals surface area contributed by atoms with Crippen molar-refractivity contribution in [2.45, 2.75) is 13.2 Å². The molecule has 1 heterocycles. The van der Waals surface area contributed by atoms with Crippen LogP contribution in [0.5, 0.6) is 17.2 Å². The van der Waals surface area contributed by atoms with E-state index < -0.39 is 0 Å². The van der Waals surface area contributed by atoms with Crippen LogP contribution in [0.1, 0.15) is 5.82 Å². The Hall–Kier alpha value is -3.18. The van der Waals surface area contributed by atoms with Crippen LogP contribution in [0.3, 0.4) is 0 Å². The number of ether oxygens (including phenoxy) is 3. The molecule has 0 aliphatic rings. The maximum atomic E-state index is 6.18. The maximum absolute atomic E-state index is 6.18. The molecule has 0 atom stereocenters. The normalized spacial score (nSPS) is 10.8. The Labute approximate surface area is 174 Å². The molecule has 0 amide bonds. The number of halogens is 1. The molecule has 0 saturated heterocycles. The lowest BCUT2D eigenvalue weighted by Crippen LogP contribution is -2.13. The molecule has 0 saturated carbocycles. The topological polar surface area (TPSA) is 45.5 Å². The summed E-state index contributed by atoms with van der Waals surface area (Å²) in [4.78, 5) is 4.74. The van der Waals surface area contributed by atoms with Crippen molar-refractivity contribution in [1.29, 1.82) is 0 Å². The summed E-state index contributed by atoms with van der Waals surface area (Å²) in [6.07, 6.45) is 0. The van der Waals surface area contributed by atoms with Gasteiger partial charge in [0.25, 0.3) is 0 Å². The summed E-state index contributed by atoms with van der Waals surface area (Å²) in [7, 11) is 1.64. The van der Waals surface area contributed by atoms with Crippen molar-refractivity contribution in [2.75, 3.05) is 13.7 Å². The molecular formula is C23H21ClN2O3. The standard InChI is InChI=1S/C23H21ClN2O3/c1-27-17-10-12-18(13-11-17)29-16-23-25-20-7-3-4-8-21(20)26(23)14-15-28-22-9-5-2-6-19(22)24/h2-13H,14-16H2,1H3. The molecule has 0 aliphatic heterocycles. The van der Waals surface area contributed by atoms with Gasteiger partial charge in [0, 0.05) is 0 Å². The number of fused-ring (bicyclic) bond motifs is 1. The van der Waals surface area contributed by atoms with Gasteiger partial charge in [-0.2, -0.15) is 0 Å². The quantitative estimate of drug-likeness (QED) is 0.394. The summed E-state index contributed by atoms with van der Waals surface area (Å²) in [5.74, 6) is 3.07. The zero-order valence-corrected chi connectivity index (χ0v) is 16.8. The smallest absolute Gasteiger partial charge is 0.148 e. The van der Waals surface area contributed by atoms with Crippen molar-refractivity contribution in [1.82, 2.24) is 9.55 Å². The molecule has 0 N–H and O–H groups in total. The third-order valence-electron chi connectivity index (χ3n) is 4.57. The first-order valence-electron chi connectivity index (χ1n) is 9.33. The zero-order valence-electron chi connectivity index (χ0n) is 16.0. The van der Waals surface area contributed by atoms with Gasteiger partial charge in [-0.1, -0.05) is 35.9 Å². The third-order valence-corrected chi connectivity index (χ3v) is 4.88. The average molecular weight is 409 g/mol. The second kappa shape index (κ2) is 8.88. The minimum Gasteiger partial charge on any atom is -0.497 e. The lowest BCUT2D eigenvalue weighted by Gasteiger charge is -2.12. The fourth-order valence-electron chi connectivity index (χ4n) is 3.11. The highest BCUT2D eigenvalue weighted by Gasteiger charge is 2.12. The van der Waals surface area contributed by atoms with E-state index in [0.29, 0.717) is 30.5 Å². The summed E-state index contributed by atoms with van der Waals surface area (Å²) < 4.78 is 19.1. The van der Waals surface area contributed by atoms with Crippen LogP contribution in [0, 0.1) is 0 Å². The van der Waals surface area contributed by atoms with E-state index in [0.717, 1.165) is 28.4 Å². The molecule has 0 bridgehead atoms. The average Bonchev–Trinajstić information content (AvgIpc) is 3.11. The Morgan fingerprint density at radius 1 is 0.862 bits per heavy atom. The fourth-order valence-corrected chi connectivity index (χ4v) is 3.30. The fraction of sp³-hybridized carbons (Fsp3) is 0.174. The predicted molar refractivity (Wildman–Crippen MR) is 114 cm³/mol. The summed E-state index contributed by atoms with van der Waals surface area (Å²) in [6, 6.07) is 23.0. The van der Waals surface area contributed by atoms with E-state index >= 15 is 0 Å². The first-order chi connectivity index (χ1) is 14.2. The number of imidazole rings is 1. The van der Waals surface area contributed by atoms with Gasteiger partial charge in [0.15, 0.2) is 0 Å². The van der Waals surface area contributed by atoms with Gasteiger partial charge in [-0.3, -0.25) is 0 Å². The molecular weight excluding hydrogens is 388 g/mol. The van der Waals surface area contributed by atoms with Crippen LogP contribution in [0.4, 0.5) is 0 Å². The van der Waals surface area contributed by atoms with Gasteiger partial charge in [0.05, 0.1) is 29.7 Å². The number of nitrogens with zero attached hydrogens (tertiary/aromatic N) is 2. The van der Waals surface area contributed by atoms with Gasteiger partial charge in [0.2, 0.25) is 0 Å². The number of benzene rings is 3. The largest absolute Gasteiger partial charge is 0.497 e. The molecule has 6 heteroatoms. The summed E-state index contributed by atoms with van der Waals surface area (Å²) in [6.45, 7) is 1.46. The molecule has 3 aromatic carbocycles. The molecule has 1 aromatic heterocycles. The van der Waals surface area contributed by atoms with Crippen LogP contribution in [-0.2, 0) is 13.2 Å². The maximum Gasteiger partial charge on any atom is 0.148 e. The molecule has 0 aliphatic carbocycles. The second-order valence-corrected chi connectivity index (χ2v) is 6.82. The van der Waals surface area contributed by atoms with E-state index in [-0.39, 0.29) is 0 Å². The SMILES string of the molecule is COc1ccc(OCc2nc3ccccc3n2CCOc2ccccc2Cl)cc1. The van der Waals surface area contributed by atoms with Crippen molar-refractivity contribution >= 4 is 22.6 Å². The van der Waals surface area contributed by atoms with Crippen molar-refractivity contribution < 1.29 is 14.2 Å². The van der Waals surface area contributed by atoms with E-state index in [2.05, 4.69) is 10.6 Å². The van der Waals surface area contributed by atoms with Crippen molar-refractivity contribution in [2.24, 2.45) is 0 Å². The van der Waals surface area contributed by atoms with Crippen LogP contribution in [0.15, 0.2) is 72.8 Å². The summed E-state index contributed by atoms with van der Waals surface area (Å²) in [5, 5.41) is 0.603. The van der Waals surface area contributed by atoms with E-state index in [1.165, 1.54) is 0 Å². The minimum absolute atomic E-state index is 0.354. The van der Waals surface area contributed by atoms with Crippen LogP contribution >= 0.6 is 11.6 Å².